The van der Waals surface area contributed by atoms with Crippen LogP contribution in [-0.4, -0.2) is 9.97 Å². The Balaban J connectivity index is 1.75. The van der Waals surface area contributed by atoms with Gasteiger partial charge < -0.3 is 16.0 Å². The fourth-order valence-corrected chi connectivity index (χ4v) is 2.18. The average Bonchev–Trinajstić information content (AvgIpc) is 2.89. The van der Waals surface area contributed by atoms with Gasteiger partial charge in [-0.1, -0.05) is 29.8 Å². The third-order valence-corrected chi connectivity index (χ3v) is 3.34. The van der Waals surface area contributed by atoms with E-state index < -0.39 is 0 Å². The van der Waals surface area contributed by atoms with Crippen LogP contribution in [0.5, 0.6) is 0 Å². The Hall–Kier alpha value is -2.33. The van der Waals surface area contributed by atoms with Gasteiger partial charge in [0.1, 0.15) is 5.82 Å². The van der Waals surface area contributed by atoms with Gasteiger partial charge in [0.25, 0.3) is 0 Å². The van der Waals surface area contributed by atoms with Crippen molar-refractivity contribution in [2.75, 3.05) is 5.32 Å². The van der Waals surface area contributed by atoms with Crippen LogP contribution in [0.15, 0.2) is 42.5 Å². The number of aromatic nitrogens is 2. The minimum Gasteiger partial charge on any atom is -0.381 e. The van der Waals surface area contributed by atoms with Crippen molar-refractivity contribution in [2.24, 2.45) is 5.73 Å². The Labute approximate surface area is 118 Å². The lowest BCUT2D eigenvalue weighted by Gasteiger charge is -2.06. The highest BCUT2D eigenvalue weighted by Crippen LogP contribution is 2.18. The van der Waals surface area contributed by atoms with E-state index in [9.17, 15) is 0 Å². The van der Waals surface area contributed by atoms with E-state index in [1.54, 1.807) is 0 Å². The van der Waals surface area contributed by atoms with E-state index in [1.807, 2.05) is 12.1 Å². The highest BCUT2D eigenvalue weighted by atomic mass is 14.9. The molecule has 4 N–H and O–H groups in total. The minimum atomic E-state index is 0.431. The molecule has 0 amide bonds. The number of nitrogens with two attached hydrogens (primary N) is 1. The molecule has 0 unspecified atom stereocenters. The average molecular weight is 266 g/mol. The molecule has 0 bridgehead atoms. The van der Waals surface area contributed by atoms with Crippen LogP contribution in [0, 0.1) is 6.92 Å². The van der Waals surface area contributed by atoms with Crippen LogP contribution in [0.2, 0.25) is 0 Å². The summed E-state index contributed by atoms with van der Waals surface area (Å²) in [4.78, 5) is 7.61. The van der Waals surface area contributed by atoms with Gasteiger partial charge in [0.05, 0.1) is 17.6 Å². The predicted molar refractivity (Wildman–Crippen MR) is 82.5 cm³/mol. The molecule has 20 heavy (non-hydrogen) atoms. The van der Waals surface area contributed by atoms with Crippen molar-refractivity contribution in [3.05, 3.63) is 59.4 Å². The number of fused-ring (bicyclic) bond motifs is 1. The number of aryl methyl sites for hydroxylation is 1. The summed E-state index contributed by atoms with van der Waals surface area (Å²) in [7, 11) is 0. The number of nitrogens with one attached hydrogen (secondary N) is 2. The van der Waals surface area contributed by atoms with Gasteiger partial charge in [0.15, 0.2) is 0 Å². The predicted octanol–water partition coefficient (Wildman–Crippen LogP) is 2.94. The zero-order chi connectivity index (χ0) is 13.9. The normalized spacial score (nSPS) is 10.9. The van der Waals surface area contributed by atoms with Crippen LogP contribution in [0.1, 0.15) is 17.0 Å². The van der Waals surface area contributed by atoms with Crippen molar-refractivity contribution in [3.63, 3.8) is 0 Å². The molecule has 4 nitrogen and oxygen atoms in total. The Morgan fingerprint density at radius 1 is 1.15 bits per heavy atom. The SMILES string of the molecule is Cc1ccc(CNc2ccc3nc(CN)[nH]c3c2)cc1. The van der Waals surface area contributed by atoms with Crippen LogP contribution in [-0.2, 0) is 13.1 Å². The van der Waals surface area contributed by atoms with Crippen LogP contribution in [0.4, 0.5) is 5.69 Å². The maximum Gasteiger partial charge on any atom is 0.121 e. The second-order valence-corrected chi connectivity index (χ2v) is 4.96. The number of rotatable bonds is 4. The second kappa shape index (κ2) is 5.35. The molecule has 2 aromatic carbocycles. The summed E-state index contributed by atoms with van der Waals surface area (Å²) in [6.45, 7) is 3.34. The molecule has 0 saturated carbocycles. The van der Waals surface area contributed by atoms with E-state index in [0.29, 0.717) is 6.54 Å². The van der Waals surface area contributed by atoms with Gasteiger partial charge in [-0.2, -0.15) is 0 Å². The topological polar surface area (TPSA) is 66.7 Å². The number of anilines is 1. The van der Waals surface area contributed by atoms with E-state index >= 15 is 0 Å². The van der Waals surface area contributed by atoms with Gasteiger partial charge in [0.2, 0.25) is 0 Å². The van der Waals surface area contributed by atoms with Gasteiger partial charge in [-0.25, -0.2) is 4.98 Å². The minimum absolute atomic E-state index is 0.431. The largest absolute Gasteiger partial charge is 0.381 e. The molecule has 0 saturated heterocycles. The maximum absolute atomic E-state index is 5.59. The lowest BCUT2D eigenvalue weighted by molar-refractivity contribution is 0.958. The number of aromatic amines is 1. The first-order valence-corrected chi connectivity index (χ1v) is 6.73. The van der Waals surface area contributed by atoms with Crippen LogP contribution < -0.4 is 11.1 Å². The first-order chi connectivity index (χ1) is 9.74. The Morgan fingerprint density at radius 3 is 2.70 bits per heavy atom. The number of H-pyrrole nitrogens is 1. The zero-order valence-corrected chi connectivity index (χ0v) is 11.5. The van der Waals surface area contributed by atoms with Gasteiger partial charge in [-0.05, 0) is 30.7 Å². The summed E-state index contributed by atoms with van der Waals surface area (Å²) in [5.41, 5.74) is 11.2. The van der Waals surface area contributed by atoms with Gasteiger partial charge in [-0.3, -0.25) is 0 Å². The van der Waals surface area contributed by atoms with Crippen LogP contribution in [0.3, 0.4) is 0 Å². The first-order valence-electron chi connectivity index (χ1n) is 6.73. The lowest BCUT2D eigenvalue weighted by atomic mass is 10.1. The molecular formula is C16H18N4. The lowest BCUT2D eigenvalue weighted by Crippen LogP contribution is -1.99. The quantitative estimate of drug-likeness (QED) is 0.680. The molecule has 0 radical (unpaired) electrons. The molecule has 0 fully saturated rings. The van der Waals surface area contributed by atoms with Crippen molar-refractivity contribution >= 4 is 16.7 Å². The summed E-state index contributed by atoms with van der Waals surface area (Å²) in [6, 6.07) is 14.6. The van der Waals surface area contributed by atoms with E-state index in [0.717, 1.165) is 29.1 Å². The summed E-state index contributed by atoms with van der Waals surface area (Å²) >= 11 is 0. The van der Waals surface area contributed by atoms with Gasteiger partial charge in [0, 0.05) is 12.2 Å². The third kappa shape index (κ3) is 2.65. The summed E-state index contributed by atoms with van der Waals surface area (Å²) in [6.07, 6.45) is 0. The fourth-order valence-electron chi connectivity index (χ4n) is 2.18. The molecule has 0 atom stereocenters. The van der Waals surface area contributed by atoms with Crippen molar-refractivity contribution in [3.8, 4) is 0 Å². The molecule has 1 heterocycles. The number of hydrogen-bond acceptors (Lipinski definition) is 3. The third-order valence-electron chi connectivity index (χ3n) is 3.34. The van der Waals surface area contributed by atoms with E-state index in [4.69, 9.17) is 5.73 Å². The maximum atomic E-state index is 5.59. The van der Waals surface area contributed by atoms with Gasteiger partial charge in [-0.15, -0.1) is 0 Å². The smallest absolute Gasteiger partial charge is 0.121 e. The first kappa shape index (κ1) is 12.7. The standard InChI is InChI=1S/C16H18N4/c1-11-2-4-12(5-3-11)10-18-13-6-7-14-15(8-13)20-16(9-17)19-14/h2-8,18H,9-10,17H2,1H3,(H,19,20). The number of hydrogen-bond donors (Lipinski definition) is 3. The molecule has 1 aromatic heterocycles. The molecule has 0 aliphatic heterocycles. The summed E-state index contributed by atoms with van der Waals surface area (Å²) < 4.78 is 0. The molecule has 4 heteroatoms. The van der Waals surface area contributed by atoms with Crippen molar-refractivity contribution < 1.29 is 0 Å². The zero-order valence-electron chi connectivity index (χ0n) is 11.5. The van der Waals surface area contributed by atoms with Crippen molar-refractivity contribution in [1.29, 1.82) is 0 Å². The Morgan fingerprint density at radius 2 is 1.95 bits per heavy atom. The molecule has 0 spiro atoms. The van der Waals surface area contributed by atoms with E-state index in [-0.39, 0.29) is 0 Å². The highest BCUT2D eigenvalue weighted by molar-refractivity contribution is 5.79. The Kier molecular flexibility index (Phi) is 3.39. The monoisotopic (exact) mass is 266 g/mol. The molecule has 0 aliphatic rings. The number of benzene rings is 2. The second-order valence-electron chi connectivity index (χ2n) is 4.96. The molecule has 102 valence electrons. The summed E-state index contributed by atoms with van der Waals surface area (Å²) in [5, 5.41) is 3.42. The van der Waals surface area contributed by atoms with E-state index in [1.165, 1.54) is 11.1 Å². The van der Waals surface area contributed by atoms with E-state index in [2.05, 4.69) is 52.5 Å². The van der Waals surface area contributed by atoms with Crippen LogP contribution in [0.25, 0.3) is 11.0 Å². The fraction of sp³-hybridized carbons (Fsp3) is 0.188. The highest BCUT2D eigenvalue weighted by Gasteiger charge is 2.02. The number of nitrogens with zero attached hydrogens (tertiary/aromatic N) is 1. The molecular weight excluding hydrogens is 248 g/mol. The number of imidazole rings is 1. The van der Waals surface area contributed by atoms with Crippen LogP contribution >= 0.6 is 0 Å². The Bertz CT molecular complexity index is 713. The summed E-state index contributed by atoms with van der Waals surface area (Å²) in [5.74, 6) is 0.815. The van der Waals surface area contributed by atoms with Crippen molar-refractivity contribution in [1.82, 2.24) is 9.97 Å². The van der Waals surface area contributed by atoms with Crippen molar-refractivity contribution in [2.45, 2.75) is 20.0 Å². The molecule has 0 aliphatic carbocycles. The molecule has 3 aromatic rings. The molecule has 3 rings (SSSR count). The van der Waals surface area contributed by atoms with Gasteiger partial charge >= 0.3 is 0 Å².